The number of methoxy groups -OCH3 is 1. The molecule has 2 heterocycles. The van der Waals surface area contributed by atoms with Crippen LogP contribution in [0.15, 0.2) is 24.3 Å². The number of rotatable bonds is 8. The molecule has 0 aliphatic carbocycles. The Kier molecular flexibility index (Phi) is 7.64. The van der Waals surface area contributed by atoms with Crippen molar-refractivity contribution in [1.82, 2.24) is 20.4 Å². The molecule has 28 heavy (non-hydrogen) atoms. The molecule has 2 aliphatic heterocycles. The van der Waals surface area contributed by atoms with Crippen molar-refractivity contribution in [3.8, 4) is 5.75 Å². The summed E-state index contributed by atoms with van der Waals surface area (Å²) in [6, 6.07) is 7.35. The maximum Gasteiger partial charge on any atom is 0.237 e. The first-order valence-electron chi connectivity index (χ1n) is 9.87. The molecule has 0 saturated carbocycles. The van der Waals surface area contributed by atoms with Crippen LogP contribution >= 0.6 is 0 Å². The van der Waals surface area contributed by atoms with Crippen molar-refractivity contribution >= 4 is 11.8 Å². The summed E-state index contributed by atoms with van der Waals surface area (Å²) >= 11 is 0. The smallest absolute Gasteiger partial charge is 0.237 e. The van der Waals surface area contributed by atoms with E-state index in [0.29, 0.717) is 26.2 Å². The van der Waals surface area contributed by atoms with Gasteiger partial charge in [-0.3, -0.25) is 19.4 Å². The standard InChI is InChI=1S/C20H30N4O4/c1-27-17-4-2-3-16(13-17)15-24-8-6-22-20(26)18(24)14-19(25)21-5-7-23-9-11-28-12-10-23/h2-4,13,18H,5-12,14-15H2,1H3,(H,21,25)(H,22,26). The molecular formula is C20H30N4O4. The lowest BCUT2D eigenvalue weighted by atomic mass is 10.1. The van der Waals surface area contributed by atoms with E-state index in [-0.39, 0.29) is 18.2 Å². The van der Waals surface area contributed by atoms with E-state index in [0.717, 1.165) is 44.2 Å². The van der Waals surface area contributed by atoms with Crippen LogP contribution in [0.1, 0.15) is 12.0 Å². The van der Waals surface area contributed by atoms with E-state index in [1.807, 2.05) is 24.3 Å². The third-order valence-electron chi connectivity index (χ3n) is 5.19. The van der Waals surface area contributed by atoms with Gasteiger partial charge in [-0.1, -0.05) is 12.1 Å². The number of hydrogen-bond acceptors (Lipinski definition) is 6. The Balaban J connectivity index is 1.51. The molecule has 2 aliphatic rings. The van der Waals surface area contributed by atoms with E-state index in [1.54, 1.807) is 7.11 Å². The van der Waals surface area contributed by atoms with Crippen LogP contribution in [-0.2, 0) is 20.9 Å². The van der Waals surface area contributed by atoms with Gasteiger partial charge in [-0.15, -0.1) is 0 Å². The molecule has 0 spiro atoms. The molecule has 0 radical (unpaired) electrons. The highest BCUT2D eigenvalue weighted by atomic mass is 16.5. The summed E-state index contributed by atoms with van der Waals surface area (Å²) in [5, 5.41) is 5.83. The van der Waals surface area contributed by atoms with E-state index >= 15 is 0 Å². The molecule has 1 unspecified atom stereocenters. The first kappa shape index (κ1) is 20.6. The zero-order valence-electron chi connectivity index (χ0n) is 16.5. The molecule has 1 aromatic rings. The van der Waals surface area contributed by atoms with Crippen LogP contribution in [0.3, 0.4) is 0 Å². The molecule has 2 N–H and O–H groups in total. The minimum atomic E-state index is -0.455. The fraction of sp³-hybridized carbons (Fsp3) is 0.600. The Labute approximate surface area is 166 Å². The van der Waals surface area contributed by atoms with Crippen molar-refractivity contribution in [3.05, 3.63) is 29.8 Å². The third-order valence-corrected chi connectivity index (χ3v) is 5.19. The predicted molar refractivity (Wildman–Crippen MR) is 105 cm³/mol. The largest absolute Gasteiger partial charge is 0.497 e. The van der Waals surface area contributed by atoms with Gasteiger partial charge in [0.15, 0.2) is 0 Å². The Morgan fingerprint density at radius 3 is 2.93 bits per heavy atom. The number of amides is 2. The van der Waals surface area contributed by atoms with Gasteiger partial charge in [0.2, 0.25) is 11.8 Å². The van der Waals surface area contributed by atoms with Gasteiger partial charge in [-0.2, -0.15) is 0 Å². The number of carbonyl (C=O) groups is 2. The number of hydrogen-bond donors (Lipinski definition) is 2. The van der Waals surface area contributed by atoms with Gasteiger partial charge in [-0.25, -0.2) is 0 Å². The minimum Gasteiger partial charge on any atom is -0.497 e. The topological polar surface area (TPSA) is 83.1 Å². The molecule has 2 amide bonds. The molecule has 0 bridgehead atoms. The number of ether oxygens (including phenoxy) is 2. The highest BCUT2D eigenvalue weighted by Crippen LogP contribution is 2.18. The Hall–Kier alpha value is -2.16. The summed E-state index contributed by atoms with van der Waals surface area (Å²) in [5.74, 6) is 0.611. The van der Waals surface area contributed by atoms with Crippen molar-refractivity contribution in [2.75, 3.05) is 59.6 Å². The number of nitrogens with one attached hydrogen (secondary N) is 2. The van der Waals surface area contributed by atoms with Crippen molar-refractivity contribution in [2.24, 2.45) is 0 Å². The summed E-state index contributed by atoms with van der Waals surface area (Å²) in [4.78, 5) is 29.1. The van der Waals surface area contributed by atoms with Crippen LogP contribution in [0.2, 0.25) is 0 Å². The maximum atomic E-state index is 12.4. The fourth-order valence-electron chi connectivity index (χ4n) is 3.60. The lowest BCUT2D eigenvalue weighted by Gasteiger charge is -2.34. The van der Waals surface area contributed by atoms with Crippen LogP contribution in [-0.4, -0.2) is 87.2 Å². The first-order chi connectivity index (χ1) is 13.7. The van der Waals surface area contributed by atoms with Crippen molar-refractivity contribution in [3.63, 3.8) is 0 Å². The van der Waals surface area contributed by atoms with Gasteiger partial charge in [0.1, 0.15) is 5.75 Å². The van der Waals surface area contributed by atoms with Gasteiger partial charge in [0.05, 0.1) is 32.8 Å². The monoisotopic (exact) mass is 390 g/mol. The van der Waals surface area contributed by atoms with Gasteiger partial charge in [-0.05, 0) is 17.7 Å². The highest BCUT2D eigenvalue weighted by molar-refractivity contribution is 5.88. The van der Waals surface area contributed by atoms with Crippen LogP contribution in [0.4, 0.5) is 0 Å². The van der Waals surface area contributed by atoms with Crippen LogP contribution in [0.5, 0.6) is 5.75 Å². The second-order valence-corrected chi connectivity index (χ2v) is 7.14. The predicted octanol–water partition coefficient (Wildman–Crippen LogP) is -0.166. The molecule has 8 heteroatoms. The van der Waals surface area contributed by atoms with Crippen LogP contribution < -0.4 is 15.4 Å². The van der Waals surface area contributed by atoms with Crippen LogP contribution in [0.25, 0.3) is 0 Å². The zero-order valence-corrected chi connectivity index (χ0v) is 16.5. The molecule has 2 saturated heterocycles. The maximum absolute atomic E-state index is 12.4. The van der Waals surface area contributed by atoms with E-state index in [1.165, 1.54) is 0 Å². The number of carbonyl (C=O) groups excluding carboxylic acids is 2. The van der Waals surface area contributed by atoms with Crippen molar-refractivity contribution < 1.29 is 19.1 Å². The van der Waals surface area contributed by atoms with E-state index < -0.39 is 6.04 Å². The second kappa shape index (κ2) is 10.4. The van der Waals surface area contributed by atoms with Crippen LogP contribution in [0, 0.1) is 0 Å². The molecule has 1 aromatic carbocycles. The van der Waals surface area contributed by atoms with E-state index in [4.69, 9.17) is 9.47 Å². The van der Waals surface area contributed by atoms with E-state index in [2.05, 4.69) is 20.4 Å². The summed E-state index contributed by atoms with van der Waals surface area (Å²) in [5.41, 5.74) is 1.06. The fourth-order valence-corrected chi connectivity index (χ4v) is 3.60. The highest BCUT2D eigenvalue weighted by Gasteiger charge is 2.31. The van der Waals surface area contributed by atoms with Crippen molar-refractivity contribution in [1.29, 1.82) is 0 Å². The molecule has 2 fully saturated rings. The quantitative estimate of drug-likeness (QED) is 0.642. The summed E-state index contributed by atoms with van der Waals surface area (Å²) < 4.78 is 10.6. The molecular weight excluding hydrogens is 360 g/mol. The SMILES string of the molecule is COc1cccc(CN2CCNC(=O)C2CC(=O)NCCN2CCOCC2)c1. The molecule has 3 rings (SSSR count). The summed E-state index contributed by atoms with van der Waals surface area (Å²) in [7, 11) is 1.64. The summed E-state index contributed by atoms with van der Waals surface area (Å²) in [6.07, 6.45) is 0.166. The van der Waals surface area contributed by atoms with Gasteiger partial charge in [0, 0.05) is 45.8 Å². The Bertz CT molecular complexity index is 663. The number of piperazine rings is 1. The summed E-state index contributed by atoms with van der Waals surface area (Å²) in [6.45, 7) is 6.60. The van der Waals surface area contributed by atoms with Gasteiger partial charge >= 0.3 is 0 Å². The van der Waals surface area contributed by atoms with Gasteiger partial charge < -0.3 is 20.1 Å². The molecule has 1 atom stereocenters. The average Bonchev–Trinajstić information content (AvgIpc) is 2.71. The minimum absolute atomic E-state index is 0.0857. The molecule has 0 aromatic heterocycles. The average molecular weight is 390 g/mol. The molecule has 154 valence electrons. The number of morpholine rings is 1. The third kappa shape index (κ3) is 5.92. The lowest BCUT2D eigenvalue weighted by Crippen LogP contribution is -2.56. The first-order valence-corrected chi connectivity index (χ1v) is 9.87. The zero-order chi connectivity index (χ0) is 19.8. The Morgan fingerprint density at radius 1 is 1.32 bits per heavy atom. The number of nitrogens with zero attached hydrogens (tertiary/aromatic N) is 2. The number of benzene rings is 1. The molecule has 8 nitrogen and oxygen atoms in total. The van der Waals surface area contributed by atoms with Crippen molar-refractivity contribution in [2.45, 2.75) is 19.0 Å². The second-order valence-electron chi connectivity index (χ2n) is 7.14. The normalized spacial score (nSPS) is 21.2. The van der Waals surface area contributed by atoms with E-state index in [9.17, 15) is 9.59 Å². The van der Waals surface area contributed by atoms with Gasteiger partial charge in [0.25, 0.3) is 0 Å². The lowest BCUT2D eigenvalue weighted by molar-refractivity contribution is -0.134. The Morgan fingerprint density at radius 2 is 2.14 bits per heavy atom.